The Labute approximate surface area is 119 Å². The van der Waals surface area contributed by atoms with Crippen molar-refractivity contribution in [3.63, 3.8) is 0 Å². The van der Waals surface area contributed by atoms with Crippen molar-refractivity contribution in [2.45, 2.75) is 6.42 Å². The summed E-state index contributed by atoms with van der Waals surface area (Å²) in [6.45, 7) is 0.791. The highest BCUT2D eigenvalue weighted by Gasteiger charge is 2.03. The van der Waals surface area contributed by atoms with Crippen LogP contribution in [-0.2, 0) is 6.42 Å². The van der Waals surface area contributed by atoms with Crippen LogP contribution in [0.15, 0.2) is 53.0 Å². The molecule has 0 saturated heterocycles. The fourth-order valence-corrected chi connectivity index (χ4v) is 1.97. The van der Waals surface area contributed by atoms with E-state index in [1.165, 1.54) is 12.1 Å². The number of nitro groups is 1. The van der Waals surface area contributed by atoms with Crippen molar-refractivity contribution >= 4 is 27.3 Å². The van der Waals surface area contributed by atoms with Crippen molar-refractivity contribution < 1.29 is 4.92 Å². The number of nitro benzene ring substituents is 1. The first kappa shape index (κ1) is 13.5. The Bertz CT molecular complexity index is 553. The largest absolute Gasteiger partial charge is 0.385 e. The molecule has 0 radical (unpaired) electrons. The van der Waals surface area contributed by atoms with Gasteiger partial charge in [-0.25, -0.2) is 0 Å². The lowest BCUT2D eigenvalue weighted by Gasteiger charge is -2.06. The number of rotatable bonds is 5. The summed E-state index contributed by atoms with van der Waals surface area (Å²) in [5.74, 6) is 0. The minimum Gasteiger partial charge on any atom is -0.385 e. The Balaban J connectivity index is 1.85. The van der Waals surface area contributed by atoms with Crippen LogP contribution in [0, 0.1) is 10.1 Å². The number of nitrogens with one attached hydrogen (secondary N) is 1. The molecule has 0 aliphatic carbocycles. The summed E-state index contributed by atoms with van der Waals surface area (Å²) in [5, 5.41) is 13.8. The molecule has 5 heteroatoms. The van der Waals surface area contributed by atoms with Gasteiger partial charge in [0.1, 0.15) is 0 Å². The quantitative estimate of drug-likeness (QED) is 0.669. The van der Waals surface area contributed by atoms with Gasteiger partial charge in [0.25, 0.3) is 5.69 Å². The molecule has 0 amide bonds. The predicted octanol–water partition coefficient (Wildman–Crippen LogP) is 4.01. The van der Waals surface area contributed by atoms with Gasteiger partial charge in [-0.2, -0.15) is 0 Å². The minimum absolute atomic E-state index is 0.129. The summed E-state index contributed by atoms with van der Waals surface area (Å²) in [5.41, 5.74) is 2.27. The third-order valence-corrected chi connectivity index (χ3v) is 3.26. The van der Waals surface area contributed by atoms with E-state index in [1.807, 2.05) is 24.3 Å². The summed E-state index contributed by atoms with van der Waals surface area (Å²) in [6, 6.07) is 14.6. The summed E-state index contributed by atoms with van der Waals surface area (Å²) in [7, 11) is 0. The van der Waals surface area contributed by atoms with Crippen molar-refractivity contribution in [3.05, 3.63) is 68.7 Å². The van der Waals surface area contributed by atoms with Crippen molar-refractivity contribution in [1.29, 1.82) is 0 Å². The number of anilines is 1. The molecule has 1 N–H and O–H groups in total. The van der Waals surface area contributed by atoms with Crippen LogP contribution in [0.5, 0.6) is 0 Å². The van der Waals surface area contributed by atoms with E-state index < -0.39 is 0 Å². The smallest absolute Gasteiger partial charge is 0.269 e. The lowest BCUT2D eigenvalue weighted by molar-refractivity contribution is -0.384. The number of hydrogen-bond acceptors (Lipinski definition) is 3. The molecule has 0 unspecified atom stereocenters. The summed E-state index contributed by atoms with van der Waals surface area (Å²) < 4.78 is 1.05. The van der Waals surface area contributed by atoms with E-state index in [1.54, 1.807) is 12.1 Å². The Morgan fingerprint density at radius 1 is 1.05 bits per heavy atom. The van der Waals surface area contributed by atoms with Crippen LogP contribution in [-0.4, -0.2) is 11.5 Å². The molecule has 0 aliphatic rings. The van der Waals surface area contributed by atoms with Crippen LogP contribution in [0.4, 0.5) is 11.4 Å². The number of non-ortho nitro benzene ring substituents is 1. The molecule has 98 valence electrons. The van der Waals surface area contributed by atoms with Crippen LogP contribution in [0.2, 0.25) is 0 Å². The van der Waals surface area contributed by atoms with E-state index in [-0.39, 0.29) is 10.6 Å². The van der Waals surface area contributed by atoms with E-state index in [4.69, 9.17) is 0 Å². The molecule has 2 aromatic carbocycles. The fraction of sp³-hybridized carbons (Fsp3) is 0.143. The maximum absolute atomic E-state index is 10.5. The second-order valence-corrected chi connectivity index (χ2v) is 5.02. The van der Waals surface area contributed by atoms with Crippen molar-refractivity contribution in [3.8, 4) is 0 Å². The topological polar surface area (TPSA) is 55.2 Å². The molecule has 0 saturated carbocycles. The molecule has 0 atom stereocenters. The highest BCUT2D eigenvalue weighted by Crippen LogP contribution is 2.15. The zero-order valence-electron chi connectivity index (χ0n) is 10.2. The minimum atomic E-state index is -0.385. The molecule has 2 aromatic rings. The maximum atomic E-state index is 10.5. The van der Waals surface area contributed by atoms with Crippen LogP contribution in [0.3, 0.4) is 0 Å². The van der Waals surface area contributed by atoms with Gasteiger partial charge in [-0.05, 0) is 36.2 Å². The third kappa shape index (κ3) is 4.06. The molecule has 0 heterocycles. The Morgan fingerprint density at radius 2 is 1.68 bits per heavy atom. The van der Waals surface area contributed by atoms with Crippen LogP contribution in [0.1, 0.15) is 5.56 Å². The van der Waals surface area contributed by atoms with Gasteiger partial charge in [-0.3, -0.25) is 10.1 Å². The standard InChI is InChI=1S/C14H13BrN2O2/c15-12-3-5-13(6-4-12)16-10-9-11-1-7-14(8-2-11)17(18)19/h1-8,16H,9-10H2. The molecule has 2 rings (SSSR count). The highest BCUT2D eigenvalue weighted by molar-refractivity contribution is 9.10. The zero-order valence-corrected chi connectivity index (χ0v) is 11.8. The summed E-state index contributed by atoms with van der Waals surface area (Å²) in [6.07, 6.45) is 0.827. The average molecular weight is 321 g/mol. The van der Waals surface area contributed by atoms with Gasteiger partial charge in [-0.15, -0.1) is 0 Å². The highest BCUT2D eigenvalue weighted by atomic mass is 79.9. The second-order valence-electron chi connectivity index (χ2n) is 4.11. The maximum Gasteiger partial charge on any atom is 0.269 e. The van der Waals surface area contributed by atoms with E-state index in [0.717, 1.165) is 28.7 Å². The van der Waals surface area contributed by atoms with E-state index in [9.17, 15) is 10.1 Å². The normalized spacial score (nSPS) is 10.2. The number of halogens is 1. The van der Waals surface area contributed by atoms with E-state index >= 15 is 0 Å². The van der Waals surface area contributed by atoms with Crippen molar-refractivity contribution in [2.75, 3.05) is 11.9 Å². The second kappa shape index (κ2) is 6.33. The first-order chi connectivity index (χ1) is 9.15. The van der Waals surface area contributed by atoms with Gasteiger partial charge < -0.3 is 5.32 Å². The summed E-state index contributed by atoms with van der Waals surface area (Å²) in [4.78, 5) is 10.1. The van der Waals surface area contributed by atoms with Gasteiger partial charge in [0, 0.05) is 28.8 Å². The predicted molar refractivity (Wildman–Crippen MR) is 79.4 cm³/mol. The molecule has 0 bridgehead atoms. The number of nitrogens with zero attached hydrogens (tertiary/aromatic N) is 1. The van der Waals surface area contributed by atoms with Gasteiger partial charge >= 0.3 is 0 Å². The molecular formula is C14H13BrN2O2. The Kier molecular flexibility index (Phi) is 4.52. The molecule has 19 heavy (non-hydrogen) atoms. The lowest BCUT2D eigenvalue weighted by Crippen LogP contribution is -2.04. The van der Waals surface area contributed by atoms with Gasteiger partial charge in [0.15, 0.2) is 0 Å². The first-order valence-electron chi connectivity index (χ1n) is 5.88. The molecule has 0 spiro atoms. The van der Waals surface area contributed by atoms with Gasteiger partial charge in [0.05, 0.1) is 4.92 Å². The Hall–Kier alpha value is -1.88. The molecule has 0 aromatic heterocycles. The van der Waals surface area contributed by atoms with E-state index in [0.29, 0.717) is 0 Å². The molecular weight excluding hydrogens is 308 g/mol. The van der Waals surface area contributed by atoms with Crippen LogP contribution in [0.25, 0.3) is 0 Å². The molecule has 0 fully saturated rings. The average Bonchev–Trinajstić information content (AvgIpc) is 2.41. The van der Waals surface area contributed by atoms with Crippen molar-refractivity contribution in [2.24, 2.45) is 0 Å². The lowest BCUT2D eigenvalue weighted by atomic mass is 10.1. The third-order valence-electron chi connectivity index (χ3n) is 2.73. The van der Waals surface area contributed by atoms with Gasteiger partial charge in [0.2, 0.25) is 0 Å². The van der Waals surface area contributed by atoms with Crippen LogP contribution >= 0.6 is 15.9 Å². The molecule has 0 aliphatic heterocycles. The first-order valence-corrected chi connectivity index (χ1v) is 6.67. The van der Waals surface area contributed by atoms with Gasteiger partial charge in [-0.1, -0.05) is 28.1 Å². The number of benzene rings is 2. The monoisotopic (exact) mass is 320 g/mol. The SMILES string of the molecule is O=[N+]([O-])c1ccc(CCNc2ccc(Br)cc2)cc1. The van der Waals surface area contributed by atoms with E-state index in [2.05, 4.69) is 21.2 Å². The van der Waals surface area contributed by atoms with Crippen LogP contribution < -0.4 is 5.32 Å². The number of hydrogen-bond donors (Lipinski definition) is 1. The fourth-order valence-electron chi connectivity index (χ4n) is 1.70. The Morgan fingerprint density at radius 3 is 2.26 bits per heavy atom. The molecule has 4 nitrogen and oxygen atoms in total. The zero-order chi connectivity index (χ0) is 13.7. The van der Waals surface area contributed by atoms with Crippen molar-refractivity contribution in [1.82, 2.24) is 0 Å². The summed E-state index contributed by atoms with van der Waals surface area (Å²) >= 11 is 3.39.